The zero-order valence-electron chi connectivity index (χ0n) is 22.2. The van der Waals surface area contributed by atoms with Gasteiger partial charge in [0, 0.05) is 55.1 Å². The van der Waals surface area contributed by atoms with Crippen molar-refractivity contribution in [2.75, 3.05) is 25.7 Å². The molecule has 206 valence electrons. The molecule has 6 rings (SSSR count). The average Bonchev–Trinajstić information content (AvgIpc) is 3.61. The summed E-state index contributed by atoms with van der Waals surface area (Å²) >= 11 is 0. The summed E-state index contributed by atoms with van der Waals surface area (Å²) in [4.78, 5) is 11.1. The Kier molecular flexibility index (Phi) is 6.36. The number of fused-ring (bicyclic) bond motifs is 2. The van der Waals surface area contributed by atoms with Gasteiger partial charge in [0.1, 0.15) is 5.75 Å². The molecule has 0 saturated heterocycles. The van der Waals surface area contributed by atoms with Crippen LogP contribution in [-0.2, 0) is 26.2 Å². The lowest BCUT2D eigenvalue weighted by Crippen LogP contribution is -2.38. The molecule has 1 unspecified atom stereocenters. The van der Waals surface area contributed by atoms with Crippen molar-refractivity contribution < 1.29 is 22.6 Å². The smallest absolute Gasteiger partial charge is 0.435 e. The number of ether oxygens (including phenoxy) is 2. The van der Waals surface area contributed by atoms with Gasteiger partial charge in [0.2, 0.25) is 5.88 Å². The Bertz CT molecular complexity index is 1680. The molecule has 3 aromatic heterocycles. The quantitative estimate of drug-likeness (QED) is 0.272. The lowest BCUT2D eigenvalue weighted by Gasteiger charge is -2.40. The standard InChI is InChI=1S/C29H27F3N6O2/c1-36-15-24(27(35-36)29(30,31)32)19-5-4-6-21-20(19)9-11-38(26(21)16-37-12-10-33-17-37)25-14-34-28(40-3)22-8-7-18(39-2)13-23(22)25/h4-8,10,12-15,17,26H,9,11,16H2,1-3H3. The maximum atomic E-state index is 13.9. The van der Waals surface area contributed by atoms with E-state index in [-0.39, 0.29) is 11.6 Å². The molecular weight excluding hydrogens is 521 g/mol. The van der Waals surface area contributed by atoms with Gasteiger partial charge in [-0.05, 0) is 41.3 Å². The first-order chi connectivity index (χ1) is 19.3. The van der Waals surface area contributed by atoms with Gasteiger partial charge in [-0.25, -0.2) is 9.97 Å². The van der Waals surface area contributed by atoms with E-state index in [1.54, 1.807) is 39.0 Å². The number of halogens is 3. The monoisotopic (exact) mass is 548 g/mol. The summed E-state index contributed by atoms with van der Waals surface area (Å²) in [5.74, 6) is 1.20. The minimum atomic E-state index is -4.57. The van der Waals surface area contributed by atoms with Crippen LogP contribution in [0.1, 0.15) is 22.9 Å². The second-order valence-electron chi connectivity index (χ2n) is 9.72. The first kappa shape index (κ1) is 25.7. The van der Waals surface area contributed by atoms with Crippen LogP contribution in [0, 0.1) is 0 Å². The molecule has 0 aliphatic carbocycles. The number of hydrogen-bond acceptors (Lipinski definition) is 6. The van der Waals surface area contributed by atoms with Crippen LogP contribution in [0.3, 0.4) is 0 Å². The Morgan fingerprint density at radius 1 is 1.05 bits per heavy atom. The highest BCUT2D eigenvalue weighted by molar-refractivity contribution is 5.98. The van der Waals surface area contributed by atoms with Gasteiger partial charge >= 0.3 is 6.18 Å². The first-order valence-electron chi connectivity index (χ1n) is 12.7. The summed E-state index contributed by atoms with van der Waals surface area (Å²) in [7, 11) is 4.71. The fraction of sp³-hybridized carbons (Fsp3) is 0.276. The third-order valence-corrected chi connectivity index (χ3v) is 7.42. The molecule has 1 aliphatic heterocycles. The number of nitrogens with zero attached hydrogens (tertiary/aromatic N) is 6. The normalized spacial score (nSPS) is 15.3. The maximum Gasteiger partial charge on any atom is 0.435 e. The lowest BCUT2D eigenvalue weighted by molar-refractivity contribution is -0.140. The van der Waals surface area contributed by atoms with Crippen molar-refractivity contribution in [3.05, 3.63) is 84.3 Å². The van der Waals surface area contributed by atoms with E-state index >= 15 is 0 Å². The molecule has 0 radical (unpaired) electrons. The van der Waals surface area contributed by atoms with E-state index < -0.39 is 11.9 Å². The molecule has 0 bridgehead atoms. The SMILES string of the molecule is COc1ccc2c(OC)ncc(N3CCc4c(-c5cn(C)nc5C(F)(F)F)cccc4C3Cn3ccnc3)c2c1. The number of benzene rings is 2. The number of anilines is 1. The molecule has 0 N–H and O–H groups in total. The molecule has 0 spiro atoms. The van der Waals surface area contributed by atoms with Gasteiger partial charge in [-0.3, -0.25) is 4.68 Å². The van der Waals surface area contributed by atoms with Crippen molar-refractivity contribution >= 4 is 16.5 Å². The molecule has 1 aliphatic rings. The molecule has 5 aromatic rings. The largest absolute Gasteiger partial charge is 0.497 e. The summed E-state index contributed by atoms with van der Waals surface area (Å²) in [5, 5.41) is 5.50. The molecule has 0 amide bonds. The second-order valence-corrected chi connectivity index (χ2v) is 9.72. The van der Waals surface area contributed by atoms with Crippen LogP contribution in [0.25, 0.3) is 21.9 Å². The molecule has 11 heteroatoms. The Hall–Kier alpha value is -4.54. The molecule has 8 nitrogen and oxygen atoms in total. The van der Waals surface area contributed by atoms with Crippen LogP contribution in [0.5, 0.6) is 11.6 Å². The number of methoxy groups -OCH3 is 2. The number of rotatable bonds is 6. The Morgan fingerprint density at radius 3 is 2.62 bits per heavy atom. The number of aryl methyl sites for hydroxylation is 1. The van der Waals surface area contributed by atoms with E-state index in [0.717, 1.165) is 27.6 Å². The highest BCUT2D eigenvalue weighted by Crippen LogP contribution is 2.44. The minimum absolute atomic E-state index is 0.0861. The molecule has 1 atom stereocenters. The lowest BCUT2D eigenvalue weighted by atomic mass is 9.86. The predicted molar refractivity (Wildman–Crippen MR) is 145 cm³/mol. The van der Waals surface area contributed by atoms with E-state index in [4.69, 9.17) is 9.47 Å². The minimum Gasteiger partial charge on any atom is -0.497 e. The molecular formula is C29H27F3N6O2. The van der Waals surface area contributed by atoms with Gasteiger partial charge in [-0.1, -0.05) is 18.2 Å². The third-order valence-electron chi connectivity index (χ3n) is 7.42. The highest BCUT2D eigenvalue weighted by atomic mass is 19.4. The van der Waals surface area contributed by atoms with Crippen LogP contribution in [-0.4, -0.2) is 45.1 Å². The number of aromatic nitrogens is 5. The summed E-state index contributed by atoms with van der Waals surface area (Å²) in [6.45, 7) is 1.10. The van der Waals surface area contributed by atoms with Crippen molar-refractivity contribution in [1.82, 2.24) is 24.3 Å². The molecule has 0 fully saturated rings. The van der Waals surface area contributed by atoms with Crippen molar-refractivity contribution in [3.8, 4) is 22.8 Å². The summed E-state index contributed by atoms with van der Waals surface area (Å²) in [6, 6.07) is 11.1. The molecule has 2 aromatic carbocycles. The second kappa shape index (κ2) is 9.89. The molecule has 40 heavy (non-hydrogen) atoms. The Morgan fingerprint density at radius 2 is 1.90 bits per heavy atom. The van der Waals surface area contributed by atoms with E-state index in [2.05, 4.69) is 20.0 Å². The van der Waals surface area contributed by atoms with Crippen molar-refractivity contribution in [1.29, 1.82) is 0 Å². The zero-order chi connectivity index (χ0) is 28.0. The van der Waals surface area contributed by atoms with Crippen molar-refractivity contribution in [2.45, 2.75) is 25.2 Å². The highest BCUT2D eigenvalue weighted by Gasteiger charge is 2.39. The fourth-order valence-electron chi connectivity index (χ4n) is 5.68. The summed E-state index contributed by atoms with van der Waals surface area (Å²) in [5.41, 5.74) is 2.46. The number of imidazole rings is 1. The van der Waals surface area contributed by atoms with Gasteiger partial charge in [-0.15, -0.1) is 0 Å². The first-order valence-corrected chi connectivity index (χ1v) is 12.7. The number of alkyl halides is 3. The van der Waals surface area contributed by atoms with Crippen LogP contribution < -0.4 is 14.4 Å². The number of hydrogen-bond donors (Lipinski definition) is 0. The van der Waals surface area contributed by atoms with Gasteiger partial charge < -0.3 is 18.9 Å². The van der Waals surface area contributed by atoms with Gasteiger partial charge in [-0.2, -0.15) is 18.3 Å². The summed E-state index contributed by atoms with van der Waals surface area (Å²) in [6.07, 6.45) is 4.55. The molecule has 0 saturated carbocycles. The number of pyridine rings is 1. The van der Waals surface area contributed by atoms with Crippen LogP contribution in [0.2, 0.25) is 0 Å². The fourth-order valence-corrected chi connectivity index (χ4v) is 5.68. The summed E-state index contributed by atoms with van der Waals surface area (Å²) < 4.78 is 56.1. The predicted octanol–water partition coefficient (Wildman–Crippen LogP) is 5.67. The van der Waals surface area contributed by atoms with Crippen LogP contribution in [0.4, 0.5) is 18.9 Å². The van der Waals surface area contributed by atoms with Crippen molar-refractivity contribution in [2.24, 2.45) is 7.05 Å². The average molecular weight is 549 g/mol. The Balaban J connectivity index is 1.53. The third kappa shape index (κ3) is 4.41. The van der Waals surface area contributed by atoms with Crippen LogP contribution >= 0.6 is 0 Å². The van der Waals surface area contributed by atoms with Crippen LogP contribution in [0.15, 0.2) is 67.5 Å². The van der Waals surface area contributed by atoms with E-state index in [0.29, 0.717) is 36.7 Å². The van der Waals surface area contributed by atoms with E-state index in [1.165, 1.54) is 17.9 Å². The van der Waals surface area contributed by atoms with Gasteiger partial charge in [0.05, 0.1) is 38.5 Å². The topological polar surface area (TPSA) is 70.2 Å². The Labute approximate surface area is 228 Å². The maximum absolute atomic E-state index is 13.9. The van der Waals surface area contributed by atoms with Gasteiger partial charge in [0.15, 0.2) is 5.69 Å². The zero-order valence-corrected chi connectivity index (χ0v) is 22.2. The van der Waals surface area contributed by atoms with Crippen molar-refractivity contribution in [3.63, 3.8) is 0 Å². The van der Waals surface area contributed by atoms with E-state index in [1.807, 2.05) is 41.1 Å². The van der Waals surface area contributed by atoms with Gasteiger partial charge in [0.25, 0.3) is 0 Å². The van der Waals surface area contributed by atoms with E-state index in [9.17, 15) is 13.2 Å². The molecule has 4 heterocycles.